The van der Waals surface area contributed by atoms with E-state index in [1.807, 2.05) is 40.4 Å². The number of nitrogens with zero attached hydrogens (tertiary/aromatic N) is 3. The summed E-state index contributed by atoms with van der Waals surface area (Å²) in [6, 6.07) is 11.7. The Morgan fingerprint density at radius 1 is 1.25 bits per heavy atom. The number of hydrogen-bond donors (Lipinski definition) is 1. The highest BCUT2D eigenvalue weighted by molar-refractivity contribution is 7.12. The Labute approximate surface area is 144 Å². The Kier molecular flexibility index (Phi) is 4.13. The maximum Gasteiger partial charge on any atom is 0.261 e. The van der Waals surface area contributed by atoms with Gasteiger partial charge >= 0.3 is 0 Å². The number of amides is 1. The quantitative estimate of drug-likeness (QED) is 0.750. The van der Waals surface area contributed by atoms with Crippen LogP contribution in [0.5, 0.6) is 0 Å². The fraction of sp³-hybridized carbons (Fsp3) is 0.278. The first-order chi connectivity index (χ1) is 11.8. The summed E-state index contributed by atoms with van der Waals surface area (Å²) in [4.78, 5) is 17.1. The molecule has 0 radical (unpaired) electrons. The highest BCUT2D eigenvalue weighted by Gasteiger charge is 2.28. The molecule has 0 unspecified atom stereocenters. The van der Waals surface area contributed by atoms with Gasteiger partial charge in [-0.05, 0) is 42.5 Å². The zero-order valence-corrected chi connectivity index (χ0v) is 14.0. The molecular formula is C18H18N4OS. The number of rotatable bonds is 6. The molecule has 5 nitrogen and oxygen atoms in total. The van der Waals surface area contributed by atoms with Crippen LogP contribution in [0.25, 0.3) is 11.4 Å². The van der Waals surface area contributed by atoms with Crippen molar-refractivity contribution in [1.29, 1.82) is 0 Å². The summed E-state index contributed by atoms with van der Waals surface area (Å²) in [6.45, 7) is 1.25. The van der Waals surface area contributed by atoms with Crippen LogP contribution in [0.1, 0.15) is 34.1 Å². The number of nitrogens with one attached hydrogen (secondary N) is 1. The topological polar surface area (TPSA) is 59.8 Å². The van der Waals surface area contributed by atoms with Gasteiger partial charge in [0.15, 0.2) is 0 Å². The Morgan fingerprint density at radius 3 is 2.88 bits per heavy atom. The lowest BCUT2D eigenvalue weighted by Gasteiger charge is -2.07. The third-order valence-electron chi connectivity index (χ3n) is 4.09. The van der Waals surface area contributed by atoms with Gasteiger partial charge in [0.1, 0.15) is 5.69 Å². The molecule has 1 aliphatic carbocycles. The van der Waals surface area contributed by atoms with Gasteiger partial charge in [-0.1, -0.05) is 12.1 Å². The first-order valence-electron chi connectivity index (χ1n) is 8.12. The molecule has 0 bridgehead atoms. The molecule has 1 fully saturated rings. The summed E-state index contributed by atoms with van der Waals surface area (Å²) in [5.41, 5.74) is 3.05. The van der Waals surface area contributed by atoms with Crippen molar-refractivity contribution in [2.24, 2.45) is 0 Å². The van der Waals surface area contributed by atoms with E-state index in [0.717, 1.165) is 16.3 Å². The standard InChI is InChI=1S/C18H18N4OS/c23-18(17-5-3-11-24-17)20-9-10-22-16(13-6-7-13)12-15(21-22)14-4-1-2-8-19-14/h1-5,8,11-13H,6-7,9-10H2,(H,20,23). The second-order valence-corrected chi connectivity index (χ2v) is 6.85. The van der Waals surface area contributed by atoms with Gasteiger partial charge in [0.05, 0.1) is 17.1 Å². The van der Waals surface area contributed by atoms with Crippen LogP contribution in [0.2, 0.25) is 0 Å². The van der Waals surface area contributed by atoms with E-state index in [1.165, 1.54) is 29.9 Å². The summed E-state index contributed by atoms with van der Waals surface area (Å²) < 4.78 is 2.02. The van der Waals surface area contributed by atoms with Crippen LogP contribution in [-0.2, 0) is 6.54 Å². The molecule has 6 heteroatoms. The van der Waals surface area contributed by atoms with Crippen LogP contribution in [0.4, 0.5) is 0 Å². The molecule has 3 heterocycles. The number of aromatic nitrogens is 3. The first kappa shape index (κ1) is 15.1. The van der Waals surface area contributed by atoms with Crippen molar-refractivity contribution in [1.82, 2.24) is 20.1 Å². The Morgan fingerprint density at radius 2 is 2.17 bits per heavy atom. The van der Waals surface area contributed by atoms with Gasteiger partial charge in [-0.2, -0.15) is 5.10 Å². The molecule has 0 atom stereocenters. The average molecular weight is 338 g/mol. The lowest BCUT2D eigenvalue weighted by molar-refractivity contribution is 0.0956. The minimum atomic E-state index is -0.0184. The van der Waals surface area contributed by atoms with Crippen LogP contribution < -0.4 is 5.32 Å². The van der Waals surface area contributed by atoms with Crippen molar-refractivity contribution >= 4 is 17.2 Å². The molecule has 1 N–H and O–H groups in total. The molecule has 1 aliphatic rings. The van der Waals surface area contributed by atoms with E-state index in [1.54, 1.807) is 6.20 Å². The molecule has 0 spiro atoms. The molecule has 122 valence electrons. The second-order valence-electron chi connectivity index (χ2n) is 5.90. The minimum absolute atomic E-state index is 0.0184. The van der Waals surface area contributed by atoms with Crippen molar-refractivity contribution in [3.05, 3.63) is 58.5 Å². The Bertz CT molecular complexity index is 822. The van der Waals surface area contributed by atoms with E-state index in [9.17, 15) is 4.79 Å². The van der Waals surface area contributed by atoms with E-state index in [-0.39, 0.29) is 5.91 Å². The molecule has 0 saturated heterocycles. The SMILES string of the molecule is O=C(NCCn1nc(-c2ccccn2)cc1C1CC1)c1cccs1. The largest absolute Gasteiger partial charge is 0.349 e. The molecular weight excluding hydrogens is 320 g/mol. The van der Waals surface area contributed by atoms with E-state index in [0.29, 0.717) is 19.0 Å². The number of thiophene rings is 1. The van der Waals surface area contributed by atoms with Crippen LogP contribution in [0, 0.1) is 0 Å². The molecule has 3 aromatic rings. The predicted molar refractivity (Wildman–Crippen MR) is 94.1 cm³/mol. The van der Waals surface area contributed by atoms with Gasteiger partial charge in [-0.25, -0.2) is 0 Å². The summed E-state index contributed by atoms with van der Waals surface area (Å²) in [7, 11) is 0. The minimum Gasteiger partial charge on any atom is -0.349 e. The van der Waals surface area contributed by atoms with Crippen LogP contribution >= 0.6 is 11.3 Å². The van der Waals surface area contributed by atoms with Crippen molar-refractivity contribution < 1.29 is 4.79 Å². The fourth-order valence-corrected chi connectivity index (χ4v) is 3.37. The average Bonchev–Trinajstić information content (AvgIpc) is 3.14. The van der Waals surface area contributed by atoms with Crippen LogP contribution in [-0.4, -0.2) is 27.2 Å². The number of carbonyl (C=O) groups is 1. The molecule has 3 aromatic heterocycles. The maximum absolute atomic E-state index is 12.0. The maximum atomic E-state index is 12.0. The smallest absolute Gasteiger partial charge is 0.261 e. The predicted octanol–water partition coefficient (Wildman–Crippen LogP) is 3.31. The van der Waals surface area contributed by atoms with E-state index in [4.69, 9.17) is 5.10 Å². The number of pyridine rings is 1. The fourth-order valence-electron chi connectivity index (χ4n) is 2.73. The molecule has 24 heavy (non-hydrogen) atoms. The van der Waals surface area contributed by atoms with Gasteiger partial charge in [-0.3, -0.25) is 14.5 Å². The van der Waals surface area contributed by atoms with Crippen molar-refractivity contribution in [2.45, 2.75) is 25.3 Å². The normalized spacial score (nSPS) is 13.8. The van der Waals surface area contributed by atoms with Gasteiger partial charge in [0, 0.05) is 24.4 Å². The van der Waals surface area contributed by atoms with Crippen molar-refractivity contribution in [2.75, 3.05) is 6.54 Å². The number of hydrogen-bond acceptors (Lipinski definition) is 4. The molecule has 0 aliphatic heterocycles. The monoisotopic (exact) mass is 338 g/mol. The van der Waals surface area contributed by atoms with E-state index in [2.05, 4.69) is 16.4 Å². The highest BCUT2D eigenvalue weighted by Crippen LogP contribution is 2.41. The third-order valence-corrected chi connectivity index (χ3v) is 4.96. The lowest BCUT2D eigenvalue weighted by atomic mass is 10.2. The first-order valence-corrected chi connectivity index (χ1v) is 9.00. The lowest BCUT2D eigenvalue weighted by Crippen LogP contribution is -2.27. The second kappa shape index (κ2) is 6.57. The van der Waals surface area contributed by atoms with Gasteiger partial charge in [-0.15, -0.1) is 11.3 Å². The van der Waals surface area contributed by atoms with Gasteiger partial charge < -0.3 is 5.32 Å². The summed E-state index contributed by atoms with van der Waals surface area (Å²) in [6.07, 6.45) is 4.22. The molecule has 0 aromatic carbocycles. The Hall–Kier alpha value is -2.47. The molecule has 1 amide bonds. The molecule has 1 saturated carbocycles. The van der Waals surface area contributed by atoms with E-state index >= 15 is 0 Å². The van der Waals surface area contributed by atoms with Crippen molar-refractivity contribution in [3.8, 4) is 11.4 Å². The Balaban J connectivity index is 1.46. The third kappa shape index (κ3) is 3.23. The molecule has 4 rings (SSSR count). The van der Waals surface area contributed by atoms with Crippen molar-refractivity contribution in [3.63, 3.8) is 0 Å². The zero-order chi connectivity index (χ0) is 16.4. The summed E-state index contributed by atoms with van der Waals surface area (Å²) in [5.74, 6) is 0.582. The highest BCUT2D eigenvalue weighted by atomic mass is 32.1. The summed E-state index contributed by atoms with van der Waals surface area (Å²) in [5, 5.41) is 9.58. The van der Waals surface area contributed by atoms with E-state index < -0.39 is 0 Å². The van der Waals surface area contributed by atoms with Crippen LogP contribution in [0.15, 0.2) is 48.0 Å². The van der Waals surface area contributed by atoms with Gasteiger partial charge in [0.25, 0.3) is 5.91 Å². The van der Waals surface area contributed by atoms with Crippen LogP contribution in [0.3, 0.4) is 0 Å². The summed E-state index contributed by atoms with van der Waals surface area (Å²) >= 11 is 1.45. The van der Waals surface area contributed by atoms with Gasteiger partial charge in [0.2, 0.25) is 0 Å². The number of carbonyl (C=O) groups excluding carboxylic acids is 1. The zero-order valence-electron chi connectivity index (χ0n) is 13.2.